The van der Waals surface area contributed by atoms with Gasteiger partial charge in [0, 0.05) is 45.9 Å². The summed E-state index contributed by atoms with van der Waals surface area (Å²) < 4.78 is 10.6. The lowest BCUT2D eigenvalue weighted by Gasteiger charge is -2.30. The number of methoxy groups -OCH3 is 1. The minimum absolute atomic E-state index is 0.538. The number of guanidine groups is 1. The molecule has 0 saturated heterocycles. The third-order valence-electron chi connectivity index (χ3n) is 4.15. The fourth-order valence-corrected chi connectivity index (χ4v) is 2.77. The van der Waals surface area contributed by atoms with Crippen molar-refractivity contribution in [1.82, 2.24) is 15.5 Å². The molecule has 26 heavy (non-hydrogen) atoms. The zero-order valence-electron chi connectivity index (χ0n) is 17.2. The molecule has 148 valence electrons. The summed E-state index contributed by atoms with van der Waals surface area (Å²) in [5, 5.41) is 6.73. The Morgan fingerprint density at radius 1 is 1.04 bits per heavy atom. The third-order valence-corrected chi connectivity index (χ3v) is 4.15. The number of ether oxygens (including phenoxy) is 2. The van der Waals surface area contributed by atoms with Crippen LogP contribution in [0.5, 0.6) is 5.75 Å². The van der Waals surface area contributed by atoms with Gasteiger partial charge in [-0.3, -0.25) is 9.89 Å². The number of hydrogen-bond donors (Lipinski definition) is 2. The van der Waals surface area contributed by atoms with Gasteiger partial charge >= 0.3 is 0 Å². The Labute approximate surface area is 159 Å². The number of aliphatic imine (C=N–C) groups is 1. The highest BCUT2D eigenvalue weighted by Crippen LogP contribution is 2.12. The molecule has 0 heterocycles. The monoisotopic (exact) mass is 364 g/mol. The highest BCUT2D eigenvalue weighted by Gasteiger charge is 2.12. The van der Waals surface area contributed by atoms with Crippen molar-refractivity contribution in [1.29, 1.82) is 0 Å². The van der Waals surface area contributed by atoms with E-state index in [0.717, 1.165) is 31.3 Å². The average Bonchev–Trinajstić information content (AvgIpc) is 2.61. The summed E-state index contributed by atoms with van der Waals surface area (Å²) in [5.74, 6) is 1.67. The maximum atomic E-state index is 5.58. The van der Waals surface area contributed by atoms with Crippen LogP contribution in [0.4, 0.5) is 0 Å². The summed E-state index contributed by atoms with van der Waals surface area (Å²) in [6, 6.07) is 9.15. The van der Waals surface area contributed by atoms with Crippen molar-refractivity contribution >= 4 is 5.96 Å². The van der Waals surface area contributed by atoms with E-state index >= 15 is 0 Å². The molecule has 0 amide bonds. The van der Waals surface area contributed by atoms with E-state index in [-0.39, 0.29) is 0 Å². The second-order valence-electron chi connectivity index (χ2n) is 6.76. The van der Waals surface area contributed by atoms with Crippen LogP contribution in [0.3, 0.4) is 0 Å². The molecule has 1 aromatic rings. The summed E-state index contributed by atoms with van der Waals surface area (Å²) in [4.78, 5) is 6.76. The largest absolute Gasteiger partial charge is 0.491 e. The van der Waals surface area contributed by atoms with Crippen LogP contribution in [0.25, 0.3) is 0 Å². The smallest absolute Gasteiger partial charge is 0.191 e. The highest BCUT2D eigenvalue weighted by molar-refractivity contribution is 5.79. The van der Waals surface area contributed by atoms with Crippen LogP contribution in [0.2, 0.25) is 0 Å². The predicted molar refractivity (Wildman–Crippen MR) is 109 cm³/mol. The van der Waals surface area contributed by atoms with Gasteiger partial charge in [-0.15, -0.1) is 0 Å². The quantitative estimate of drug-likeness (QED) is 0.359. The van der Waals surface area contributed by atoms with Crippen molar-refractivity contribution in [2.24, 2.45) is 4.99 Å². The molecular weight excluding hydrogens is 328 g/mol. The molecule has 6 heteroatoms. The van der Waals surface area contributed by atoms with E-state index in [1.807, 2.05) is 12.1 Å². The molecule has 0 saturated carbocycles. The first-order valence-electron chi connectivity index (χ1n) is 9.38. The lowest BCUT2D eigenvalue weighted by atomic mass is 10.2. The van der Waals surface area contributed by atoms with Crippen molar-refractivity contribution in [2.45, 2.75) is 46.3 Å². The number of rotatable bonds is 11. The molecule has 2 N–H and O–H groups in total. The van der Waals surface area contributed by atoms with E-state index in [2.05, 4.69) is 60.4 Å². The van der Waals surface area contributed by atoms with Crippen LogP contribution >= 0.6 is 0 Å². The van der Waals surface area contributed by atoms with E-state index in [1.165, 1.54) is 5.56 Å². The Morgan fingerprint density at radius 2 is 1.69 bits per heavy atom. The van der Waals surface area contributed by atoms with Gasteiger partial charge < -0.3 is 20.1 Å². The fourth-order valence-electron chi connectivity index (χ4n) is 2.77. The SMILES string of the molecule is CN=C(NCCN(C(C)C)C(C)C)NCc1ccc(OCCOC)cc1. The normalized spacial score (nSPS) is 12.1. The first kappa shape index (κ1) is 22.3. The van der Waals surface area contributed by atoms with Gasteiger partial charge in [-0.1, -0.05) is 12.1 Å². The van der Waals surface area contributed by atoms with Crippen LogP contribution < -0.4 is 15.4 Å². The van der Waals surface area contributed by atoms with E-state index < -0.39 is 0 Å². The van der Waals surface area contributed by atoms with Crippen LogP contribution in [-0.2, 0) is 11.3 Å². The lowest BCUT2D eigenvalue weighted by molar-refractivity contribution is 0.146. The standard InChI is InChI=1S/C20H36N4O2/c1-16(2)24(17(3)4)12-11-22-20(21-5)23-15-18-7-9-19(10-8-18)26-14-13-25-6/h7-10,16-17H,11-15H2,1-6H3,(H2,21,22,23). The fraction of sp³-hybridized carbons (Fsp3) is 0.650. The van der Waals surface area contributed by atoms with E-state index in [0.29, 0.717) is 25.3 Å². The molecule has 0 aliphatic rings. The zero-order valence-corrected chi connectivity index (χ0v) is 17.2. The minimum atomic E-state index is 0.538. The second-order valence-corrected chi connectivity index (χ2v) is 6.76. The molecule has 0 unspecified atom stereocenters. The van der Waals surface area contributed by atoms with E-state index in [9.17, 15) is 0 Å². The van der Waals surface area contributed by atoms with Gasteiger partial charge in [0.15, 0.2) is 5.96 Å². The predicted octanol–water partition coefficient (Wildman–Crippen LogP) is 2.50. The molecule has 6 nitrogen and oxygen atoms in total. The molecule has 0 aliphatic heterocycles. The van der Waals surface area contributed by atoms with Crippen LogP contribution in [0.1, 0.15) is 33.3 Å². The molecule has 0 aliphatic carbocycles. The average molecular weight is 365 g/mol. The molecule has 1 aromatic carbocycles. The molecule has 0 aromatic heterocycles. The Bertz CT molecular complexity index is 507. The van der Waals surface area contributed by atoms with E-state index in [1.54, 1.807) is 14.2 Å². The highest BCUT2D eigenvalue weighted by atomic mass is 16.5. The Balaban J connectivity index is 2.37. The van der Waals surface area contributed by atoms with Gasteiger partial charge in [0.25, 0.3) is 0 Å². The Morgan fingerprint density at radius 3 is 2.23 bits per heavy atom. The molecule has 0 spiro atoms. The number of benzene rings is 1. The topological polar surface area (TPSA) is 58.1 Å². The van der Waals surface area contributed by atoms with Gasteiger partial charge in [-0.05, 0) is 45.4 Å². The Kier molecular flexibility index (Phi) is 10.7. The van der Waals surface area contributed by atoms with Gasteiger partial charge in [-0.25, -0.2) is 0 Å². The molecule has 0 radical (unpaired) electrons. The van der Waals surface area contributed by atoms with Crippen molar-refractivity contribution in [3.63, 3.8) is 0 Å². The summed E-state index contributed by atoms with van der Waals surface area (Å²) in [7, 11) is 3.47. The molecule has 1 rings (SSSR count). The van der Waals surface area contributed by atoms with E-state index in [4.69, 9.17) is 9.47 Å². The second kappa shape index (κ2) is 12.5. The lowest BCUT2D eigenvalue weighted by Crippen LogP contribution is -2.45. The minimum Gasteiger partial charge on any atom is -0.491 e. The van der Waals surface area contributed by atoms with Gasteiger partial charge in [0.05, 0.1) is 6.61 Å². The van der Waals surface area contributed by atoms with Gasteiger partial charge in [-0.2, -0.15) is 0 Å². The molecule has 0 bridgehead atoms. The maximum Gasteiger partial charge on any atom is 0.191 e. The Hall–Kier alpha value is -1.79. The zero-order chi connectivity index (χ0) is 19.4. The first-order valence-corrected chi connectivity index (χ1v) is 9.38. The van der Waals surface area contributed by atoms with Crippen molar-refractivity contribution in [2.75, 3.05) is 40.5 Å². The maximum absolute atomic E-state index is 5.58. The molecular formula is C20H36N4O2. The van der Waals surface area contributed by atoms with Crippen molar-refractivity contribution < 1.29 is 9.47 Å². The number of nitrogens with one attached hydrogen (secondary N) is 2. The molecule has 0 fully saturated rings. The first-order chi connectivity index (χ1) is 12.5. The number of nitrogens with zero attached hydrogens (tertiary/aromatic N) is 2. The summed E-state index contributed by atoms with van der Waals surface area (Å²) in [6.07, 6.45) is 0. The van der Waals surface area contributed by atoms with Gasteiger partial charge in [0.1, 0.15) is 12.4 Å². The van der Waals surface area contributed by atoms with Crippen LogP contribution in [0.15, 0.2) is 29.3 Å². The van der Waals surface area contributed by atoms with Gasteiger partial charge in [0.2, 0.25) is 0 Å². The summed E-state index contributed by atoms with van der Waals surface area (Å²) in [5.41, 5.74) is 1.18. The van der Waals surface area contributed by atoms with Crippen molar-refractivity contribution in [3.05, 3.63) is 29.8 Å². The summed E-state index contributed by atoms with van der Waals surface area (Å²) >= 11 is 0. The van der Waals surface area contributed by atoms with Crippen LogP contribution in [-0.4, -0.2) is 63.4 Å². The summed E-state index contributed by atoms with van der Waals surface area (Å²) in [6.45, 7) is 12.7. The molecule has 0 atom stereocenters. The number of hydrogen-bond acceptors (Lipinski definition) is 4. The van der Waals surface area contributed by atoms with Crippen molar-refractivity contribution in [3.8, 4) is 5.75 Å². The third kappa shape index (κ3) is 8.54. The van der Waals surface area contributed by atoms with Crippen LogP contribution in [0, 0.1) is 0 Å².